The third kappa shape index (κ3) is 3.94. The van der Waals surface area contributed by atoms with Crippen LogP contribution in [-0.2, 0) is 6.54 Å². The first-order chi connectivity index (χ1) is 14.6. The van der Waals surface area contributed by atoms with Gasteiger partial charge in [-0.05, 0) is 55.4 Å². The van der Waals surface area contributed by atoms with Crippen molar-refractivity contribution < 1.29 is 0 Å². The van der Waals surface area contributed by atoms with Crippen LogP contribution in [0.5, 0.6) is 0 Å². The summed E-state index contributed by atoms with van der Waals surface area (Å²) in [6.07, 6.45) is 9.25. The van der Waals surface area contributed by atoms with E-state index in [9.17, 15) is 0 Å². The average Bonchev–Trinajstić information content (AvgIpc) is 3.12. The van der Waals surface area contributed by atoms with Crippen molar-refractivity contribution in [2.24, 2.45) is 5.92 Å². The lowest BCUT2D eigenvalue weighted by molar-refractivity contribution is 0.651. The Kier molecular flexibility index (Phi) is 6.08. The molecule has 3 aromatic rings. The van der Waals surface area contributed by atoms with Crippen LogP contribution in [0.25, 0.3) is 22.4 Å². The molecule has 156 valence electrons. The molecule has 0 fully saturated rings. The van der Waals surface area contributed by atoms with Crippen molar-refractivity contribution in [1.29, 1.82) is 0 Å². The number of rotatable bonds is 7. The third-order valence-electron chi connectivity index (χ3n) is 5.98. The van der Waals surface area contributed by atoms with E-state index in [4.69, 9.17) is 4.98 Å². The van der Waals surface area contributed by atoms with Crippen molar-refractivity contribution >= 4 is 16.7 Å². The molecule has 0 saturated carbocycles. The molecule has 1 aliphatic rings. The first-order valence-corrected chi connectivity index (χ1v) is 11.3. The second-order valence-corrected chi connectivity index (χ2v) is 8.56. The third-order valence-corrected chi connectivity index (χ3v) is 5.98. The van der Waals surface area contributed by atoms with E-state index in [2.05, 4.69) is 92.2 Å². The number of benzene rings is 2. The Labute approximate surface area is 180 Å². The fourth-order valence-electron chi connectivity index (χ4n) is 4.33. The van der Waals surface area contributed by atoms with Gasteiger partial charge in [0.1, 0.15) is 11.3 Å². The summed E-state index contributed by atoms with van der Waals surface area (Å²) >= 11 is 0. The number of para-hydroxylation sites is 1. The molecule has 3 heteroatoms. The van der Waals surface area contributed by atoms with Gasteiger partial charge in [-0.25, -0.2) is 4.98 Å². The Morgan fingerprint density at radius 1 is 1.03 bits per heavy atom. The predicted molar refractivity (Wildman–Crippen MR) is 129 cm³/mol. The highest BCUT2D eigenvalue weighted by atomic mass is 15.1. The lowest BCUT2D eigenvalue weighted by Crippen LogP contribution is -2.10. The molecule has 0 bridgehead atoms. The summed E-state index contributed by atoms with van der Waals surface area (Å²) in [5, 5.41) is 3.73. The number of nitrogens with one attached hydrogen (secondary N) is 1. The minimum atomic E-state index is 0.507. The van der Waals surface area contributed by atoms with Crippen molar-refractivity contribution in [3.05, 3.63) is 71.5 Å². The molecule has 1 aromatic heterocycles. The van der Waals surface area contributed by atoms with Gasteiger partial charge in [-0.1, -0.05) is 69.7 Å². The maximum Gasteiger partial charge on any atom is 0.141 e. The standard InChI is InChI=1S/C27H33N3/c1-5-6-18-30-25-17-11-16-24(28-23-15-10-9-13-21(23)19(2)3)26(25)29-27(30)22-14-8-7-12-20(22)4/h7-8,11-17,19,28H,5-6,9-10,18H2,1-4H3. The molecule has 0 amide bonds. The van der Waals surface area contributed by atoms with Crippen molar-refractivity contribution in [3.8, 4) is 11.4 Å². The second kappa shape index (κ2) is 8.91. The number of aryl methyl sites for hydroxylation is 2. The van der Waals surface area contributed by atoms with E-state index < -0.39 is 0 Å². The van der Waals surface area contributed by atoms with E-state index in [-0.39, 0.29) is 0 Å². The van der Waals surface area contributed by atoms with Gasteiger partial charge < -0.3 is 9.88 Å². The molecule has 0 unspecified atom stereocenters. The van der Waals surface area contributed by atoms with Crippen LogP contribution < -0.4 is 5.32 Å². The molecule has 1 heterocycles. The van der Waals surface area contributed by atoms with Gasteiger partial charge in [0, 0.05) is 17.8 Å². The summed E-state index contributed by atoms with van der Waals surface area (Å²) in [6, 6.07) is 15.1. The van der Waals surface area contributed by atoms with Gasteiger partial charge in [0.15, 0.2) is 0 Å². The molecule has 3 nitrogen and oxygen atoms in total. The number of hydrogen-bond donors (Lipinski definition) is 1. The van der Waals surface area contributed by atoms with Gasteiger partial charge in [0.2, 0.25) is 0 Å². The van der Waals surface area contributed by atoms with E-state index >= 15 is 0 Å². The predicted octanol–water partition coefficient (Wildman–Crippen LogP) is 7.48. The normalized spacial score (nSPS) is 14.2. The van der Waals surface area contributed by atoms with E-state index in [0.29, 0.717) is 5.92 Å². The van der Waals surface area contributed by atoms with Gasteiger partial charge in [0.05, 0.1) is 11.2 Å². The topological polar surface area (TPSA) is 29.9 Å². The van der Waals surface area contributed by atoms with Crippen LogP contribution in [0.4, 0.5) is 5.69 Å². The van der Waals surface area contributed by atoms with Gasteiger partial charge in [-0.2, -0.15) is 0 Å². The van der Waals surface area contributed by atoms with Crippen LogP contribution >= 0.6 is 0 Å². The molecule has 1 N–H and O–H groups in total. The summed E-state index contributed by atoms with van der Waals surface area (Å²) in [6.45, 7) is 9.94. The van der Waals surface area contributed by atoms with Crippen LogP contribution in [-0.4, -0.2) is 9.55 Å². The van der Waals surface area contributed by atoms with Crippen LogP contribution in [0.2, 0.25) is 0 Å². The minimum absolute atomic E-state index is 0.507. The minimum Gasteiger partial charge on any atom is -0.354 e. The van der Waals surface area contributed by atoms with Gasteiger partial charge in [0.25, 0.3) is 0 Å². The molecule has 30 heavy (non-hydrogen) atoms. The van der Waals surface area contributed by atoms with Crippen LogP contribution in [0.15, 0.2) is 65.9 Å². The van der Waals surface area contributed by atoms with Crippen molar-refractivity contribution in [3.63, 3.8) is 0 Å². The zero-order chi connectivity index (χ0) is 21.1. The Morgan fingerprint density at radius 3 is 2.60 bits per heavy atom. The fraction of sp³-hybridized carbons (Fsp3) is 0.370. The summed E-state index contributed by atoms with van der Waals surface area (Å²) < 4.78 is 2.40. The maximum atomic E-state index is 5.19. The molecule has 0 saturated heterocycles. The number of fused-ring (bicyclic) bond motifs is 1. The Bertz CT molecular complexity index is 1100. The molecule has 0 atom stereocenters. The van der Waals surface area contributed by atoms with Crippen LogP contribution in [0.3, 0.4) is 0 Å². The van der Waals surface area contributed by atoms with Crippen molar-refractivity contribution in [2.75, 3.05) is 5.32 Å². The quantitative estimate of drug-likeness (QED) is 0.446. The highest BCUT2D eigenvalue weighted by Crippen LogP contribution is 2.34. The van der Waals surface area contributed by atoms with E-state index in [1.165, 1.54) is 34.3 Å². The monoisotopic (exact) mass is 399 g/mol. The molecule has 0 aliphatic heterocycles. The maximum absolute atomic E-state index is 5.19. The fourth-order valence-corrected chi connectivity index (χ4v) is 4.33. The summed E-state index contributed by atoms with van der Waals surface area (Å²) in [7, 11) is 0. The molecular weight excluding hydrogens is 366 g/mol. The van der Waals surface area contributed by atoms with Gasteiger partial charge >= 0.3 is 0 Å². The van der Waals surface area contributed by atoms with Crippen molar-refractivity contribution in [1.82, 2.24) is 9.55 Å². The lowest BCUT2D eigenvalue weighted by Gasteiger charge is -2.21. The molecular formula is C27H33N3. The van der Waals surface area contributed by atoms with Gasteiger partial charge in [-0.15, -0.1) is 0 Å². The SMILES string of the molecule is CCCCn1c(-c2ccccc2C)nc2c(NC3=CCCC=C3C(C)C)cccc21. The molecule has 4 rings (SSSR count). The largest absolute Gasteiger partial charge is 0.354 e. The number of imidazole rings is 1. The molecule has 1 aliphatic carbocycles. The summed E-state index contributed by atoms with van der Waals surface area (Å²) in [5.74, 6) is 1.58. The number of hydrogen-bond acceptors (Lipinski definition) is 2. The van der Waals surface area contributed by atoms with E-state index in [1.54, 1.807) is 0 Å². The smallest absolute Gasteiger partial charge is 0.141 e. The Balaban J connectivity index is 1.82. The number of aromatic nitrogens is 2. The Morgan fingerprint density at radius 2 is 1.83 bits per heavy atom. The molecule has 0 radical (unpaired) electrons. The average molecular weight is 400 g/mol. The van der Waals surface area contributed by atoms with Crippen LogP contribution in [0.1, 0.15) is 52.0 Å². The lowest BCUT2D eigenvalue weighted by atomic mass is 9.93. The molecule has 0 spiro atoms. The molecule has 2 aromatic carbocycles. The zero-order valence-corrected chi connectivity index (χ0v) is 18.7. The zero-order valence-electron chi connectivity index (χ0n) is 18.7. The number of anilines is 1. The Hall–Kier alpha value is -2.81. The number of nitrogens with zero attached hydrogens (tertiary/aromatic N) is 2. The number of unbranched alkanes of at least 4 members (excludes halogenated alkanes) is 1. The highest BCUT2D eigenvalue weighted by molar-refractivity contribution is 5.92. The highest BCUT2D eigenvalue weighted by Gasteiger charge is 2.18. The first kappa shape index (κ1) is 20.5. The van der Waals surface area contributed by atoms with Crippen molar-refractivity contribution in [2.45, 2.75) is 59.9 Å². The van der Waals surface area contributed by atoms with Crippen LogP contribution in [0, 0.1) is 12.8 Å². The van der Waals surface area contributed by atoms with Gasteiger partial charge in [-0.3, -0.25) is 0 Å². The summed E-state index contributed by atoms with van der Waals surface area (Å²) in [5.41, 5.74) is 8.49. The first-order valence-electron chi connectivity index (χ1n) is 11.3. The second-order valence-electron chi connectivity index (χ2n) is 8.56. The summed E-state index contributed by atoms with van der Waals surface area (Å²) in [4.78, 5) is 5.19. The number of allylic oxidation sites excluding steroid dienone is 3. The van der Waals surface area contributed by atoms with E-state index in [1.807, 2.05) is 0 Å². The van der Waals surface area contributed by atoms with E-state index in [0.717, 1.165) is 42.8 Å².